The Bertz CT molecular complexity index is 186. The lowest BCUT2D eigenvalue weighted by Gasteiger charge is -2.02. The number of allylic oxidation sites excluding steroid dienone is 4. The van der Waals surface area contributed by atoms with Crippen LogP contribution in [-0.2, 0) is 0 Å². The third kappa shape index (κ3) is 13.2. The van der Waals surface area contributed by atoms with Crippen LogP contribution in [0.2, 0.25) is 0 Å². The fourth-order valence-electron chi connectivity index (χ4n) is 0.588. The van der Waals surface area contributed by atoms with Crippen molar-refractivity contribution >= 4 is 0 Å². The molecule has 1 N–H and O–H groups in total. The van der Waals surface area contributed by atoms with Crippen molar-refractivity contribution in [2.24, 2.45) is 5.92 Å². The summed E-state index contributed by atoms with van der Waals surface area (Å²) in [7, 11) is 1.98. The molecule has 0 saturated heterocycles. The maximum absolute atomic E-state index is 3.86. The highest BCUT2D eigenvalue weighted by atomic mass is 14.8. The number of nitrogens with one attached hydrogen (secondary N) is 1. The number of rotatable bonds is 5. The van der Waals surface area contributed by atoms with Crippen LogP contribution < -0.4 is 5.32 Å². The molecule has 0 radical (unpaired) electrons. The summed E-state index contributed by atoms with van der Waals surface area (Å²) in [5.74, 6) is 0.543. The summed E-state index contributed by atoms with van der Waals surface area (Å²) >= 11 is 0. The van der Waals surface area contributed by atoms with Crippen LogP contribution in [0.25, 0.3) is 0 Å². The molecule has 0 spiro atoms. The van der Waals surface area contributed by atoms with Crippen LogP contribution in [-0.4, -0.2) is 13.1 Å². The van der Waals surface area contributed by atoms with Gasteiger partial charge in [0.05, 0.1) is 0 Å². The van der Waals surface area contributed by atoms with Crippen LogP contribution >= 0.6 is 0 Å². The zero-order valence-electron chi connectivity index (χ0n) is 11.0. The molecule has 0 saturated carbocycles. The van der Waals surface area contributed by atoms with Gasteiger partial charge in [0.15, 0.2) is 0 Å². The zero-order valence-corrected chi connectivity index (χ0v) is 11.0. The highest BCUT2D eigenvalue weighted by Crippen LogP contribution is 2.06. The summed E-state index contributed by atoms with van der Waals surface area (Å²) in [5, 5.41) is 3.11. The van der Waals surface area contributed by atoms with Crippen molar-refractivity contribution < 1.29 is 0 Å². The van der Waals surface area contributed by atoms with E-state index >= 15 is 0 Å². The molecule has 0 aromatic carbocycles. The Kier molecular flexibility index (Phi) is 12.5. The Balaban J connectivity index is 0. The molecule has 0 aliphatic carbocycles. The second-order valence-corrected chi connectivity index (χ2v) is 3.92. The molecule has 0 aliphatic rings. The highest BCUT2D eigenvalue weighted by Gasteiger charge is 1.91. The minimum absolute atomic E-state index is 0.543. The molecule has 0 aromatic rings. The van der Waals surface area contributed by atoms with Gasteiger partial charge in [0.2, 0.25) is 0 Å². The van der Waals surface area contributed by atoms with Crippen molar-refractivity contribution in [3.63, 3.8) is 0 Å². The van der Waals surface area contributed by atoms with Gasteiger partial charge in [-0.15, -0.1) is 0 Å². The van der Waals surface area contributed by atoms with E-state index < -0.39 is 0 Å². The van der Waals surface area contributed by atoms with Gasteiger partial charge in [0.25, 0.3) is 0 Å². The van der Waals surface area contributed by atoms with E-state index in [-0.39, 0.29) is 0 Å². The fourth-order valence-corrected chi connectivity index (χ4v) is 0.588. The number of hydrogen-bond acceptors (Lipinski definition) is 1. The third-order valence-corrected chi connectivity index (χ3v) is 2.29. The first-order chi connectivity index (χ1) is 6.99. The van der Waals surface area contributed by atoms with Crippen molar-refractivity contribution in [2.75, 3.05) is 7.05 Å². The minimum Gasteiger partial charge on any atom is -0.317 e. The summed E-state index contributed by atoms with van der Waals surface area (Å²) in [6, 6.07) is 0.685. The van der Waals surface area contributed by atoms with Gasteiger partial charge in [-0.25, -0.2) is 0 Å². The monoisotopic (exact) mass is 209 g/mol. The summed E-state index contributed by atoms with van der Waals surface area (Å²) in [5.41, 5.74) is 1.15. The van der Waals surface area contributed by atoms with Crippen LogP contribution in [0, 0.1) is 5.92 Å². The molecular formula is C14H27N. The van der Waals surface area contributed by atoms with Crippen LogP contribution in [0.15, 0.2) is 37.0 Å². The Hall–Kier alpha value is -0.820. The molecule has 1 nitrogen and oxygen atoms in total. The van der Waals surface area contributed by atoms with E-state index in [1.807, 2.05) is 19.2 Å². The summed E-state index contributed by atoms with van der Waals surface area (Å²) < 4.78 is 0. The Morgan fingerprint density at radius 3 is 2.07 bits per heavy atom. The first-order valence-corrected chi connectivity index (χ1v) is 5.64. The van der Waals surface area contributed by atoms with Crippen LogP contribution in [0.1, 0.15) is 34.1 Å². The quantitative estimate of drug-likeness (QED) is 0.676. The van der Waals surface area contributed by atoms with E-state index in [0.29, 0.717) is 12.0 Å². The maximum Gasteiger partial charge on any atom is 0.00331 e. The molecule has 0 bridgehead atoms. The molecule has 1 unspecified atom stereocenters. The van der Waals surface area contributed by atoms with Crippen LogP contribution in [0.4, 0.5) is 0 Å². The molecule has 0 aliphatic heterocycles. The van der Waals surface area contributed by atoms with Gasteiger partial charge in [-0.3, -0.25) is 0 Å². The second kappa shape index (κ2) is 11.3. The first kappa shape index (κ1) is 16.6. The third-order valence-electron chi connectivity index (χ3n) is 2.29. The van der Waals surface area contributed by atoms with E-state index in [4.69, 9.17) is 0 Å². The smallest absolute Gasteiger partial charge is 0.00331 e. The van der Waals surface area contributed by atoms with Crippen molar-refractivity contribution in [1.29, 1.82) is 0 Å². The minimum atomic E-state index is 0.543. The van der Waals surface area contributed by atoms with Crippen molar-refractivity contribution in [3.8, 4) is 0 Å². The van der Waals surface area contributed by atoms with E-state index in [1.165, 1.54) is 6.42 Å². The van der Waals surface area contributed by atoms with Gasteiger partial charge in [0.1, 0.15) is 0 Å². The average Bonchev–Trinajstić information content (AvgIpc) is 2.25. The lowest BCUT2D eigenvalue weighted by Crippen LogP contribution is -2.19. The SMILES string of the molecule is C=C/C=C/C(=C)C(C)C.CCC(C)NC. The predicted octanol–water partition coefficient (Wildman–Crippen LogP) is 3.95. The topological polar surface area (TPSA) is 12.0 Å². The molecule has 88 valence electrons. The van der Waals surface area contributed by atoms with E-state index in [1.54, 1.807) is 6.08 Å². The van der Waals surface area contributed by atoms with Crippen LogP contribution in [0.5, 0.6) is 0 Å². The molecule has 0 heterocycles. The Morgan fingerprint density at radius 2 is 1.87 bits per heavy atom. The molecule has 1 atom stereocenters. The molecule has 0 rings (SSSR count). The lowest BCUT2D eigenvalue weighted by molar-refractivity contribution is 0.593. The van der Waals surface area contributed by atoms with E-state index in [2.05, 4.69) is 46.2 Å². The van der Waals surface area contributed by atoms with Gasteiger partial charge in [0, 0.05) is 6.04 Å². The molecule has 1 heteroatoms. The summed E-state index contributed by atoms with van der Waals surface area (Å²) in [6.45, 7) is 16.0. The number of hydrogen-bond donors (Lipinski definition) is 1. The standard InChI is InChI=1S/C9H14.C5H13N/c1-5-6-7-9(4)8(2)3;1-4-5(2)6-3/h5-8H,1,4H2,2-3H3;5-6H,4H2,1-3H3/b7-6+;. The molecule has 15 heavy (non-hydrogen) atoms. The highest BCUT2D eigenvalue weighted by molar-refractivity contribution is 5.19. The fraction of sp³-hybridized carbons (Fsp3) is 0.571. The van der Waals surface area contributed by atoms with Gasteiger partial charge in [-0.1, -0.05) is 57.7 Å². The van der Waals surface area contributed by atoms with Crippen LogP contribution in [0.3, 0.4) is 0 Å². The maximum atomic E-state index is 3.86. The van der Waals surface area contributed by atoms with E-state index in [9.17, 15) is 0 Å². The predicted molar refractivity (Wildman–Crippen MR) is 72.1 cm³/mol. The molecule has 0 amide bonds. The summed E-state index contributed by atoms with van der Waals surface area (Å²) in [6.07, 6.45) is 6.87. The van der Waals surface area contributed by atoms with E-state index in [0.717, 1.165) is 5.57 Å². The van der Waals surface area contributed by atoms with Gasteiger partial charge < -0.3 is 5.32 Å². The second-order valence-electron chi connectivity index (χ2n) is 3.92. The molecule has 0 aromatic heterocycles. The first-order valence-electron chi connectivity index (χ1n) is 5.64. The Morgan fingerprint density at radius 1 is 1.33 bits per heavy atom. The van der Waals surface area contributed by atoms with Gasteiger partial charge >= 0.3 is 0 Å². The molecule has 0 fully saturated rings. The lowest BCUT2D eigenvalue weighted by atomic mass is 10.1. The average molecular weight is 209 g/mol. The summed E-state index contributed by atoms with van der Waals surface area (Å²) in [4.78, 5) is 0. The van der Waals surface area contributed by atoms with Crippen molar-refractivity contribution in [3.05, 3.63) is 37.0 Å². The van der Waals surface area contributed by atoms with Gasteiger partial charge in [-0.2, -0.15) is 0 Å². The normalized spacial score (nSPS) is 12.1. The zero-order chi connectivity index (χ0) is 12.3. The molecular weight excluding hydrogens is 182 g/mol. The van der Waals surface area contributed by atoms with Gasteiger partial charge in [-0.05, 0) is 26.3 Å². The Labute approximate surface area is 96.0 Å². The van der Waals surface area contributed by atoms with Crippen molar-refractivity contribution in [2.45, 2.75) is 40.2 Å². The van der Waals surface area contributed by atoms with Crippen molar-refractivity contribution in [1.82, 2.24) is 5.32 Å². The largest absolute Gasteiger partial charge is 0.317 e.